The summed E-state index contributed by atoms with van der Waals surface area (Å²) in [6.45, 7) is 7.38. The predicted octanol–water partition coefficient (Wildman–Crippen LogP) is 1.24. The number of nitrogens with zero attached hydrogens (tertiary/aromatic N) is 1. The maximum Gasteiger partial charge on any atom is 0.225 e. The molecule has 0 bridgehead atoms. The minimum absolute atomic E-state index is 0.284. The Morgan fingerprint density at radius 3 is 2.73 bits per heavy atom. The molecule has 0 aromatic rings. The van der Waals surface area contributed by atoms with Crippen LogP contribution in [0.2, 0.25) is 0 Å². The summed E-state index contributed by atoms with van der Waals surface area (Å²) >= 11 is 0. The van der Waals surface area contributed by atoms with E-state index in [-0.39, 0.29) is 5.92 Å². The van der Waals surface area contributed by atoms with Crippen molar-refractivity contribution >= 4 is 5.91 Å². The van der Waals surface area contributed by atoms with Crippen molar-refractivity contribution in [3.05, 3.63) is 0 Å². The highest BCUT2D eigenvalue weighted by Crippen LogP contribution is 2.23. The van der Waals surface area contributed by atoms with Crippen LogP contribution in [0.15, 0.2) is 0 Å². The Balaban J connectivity index is 1.89. The second-order valence-corrected chi connectivity index (χ2v) is 5.25. The van der Waals surface area contributed by atoms with Crippen LogP contribution in [0, 0.1) is 11.8 Å². The summed E-state index contributed by atoms with van der Waals surface area (Å²) < 4.78 is 0. The van der Waals surface area contributed by atoms with Gasteiger partial charge in [0.1, 0.15) is 0 Å². The van der Waals surface area contributed by atoms with E-state index >= 15 is 0 Å². The van der Waals surface area contributed by atoms with Crippen molar-refractivity contribution in [2.75, 3.05) is 19.6 Å². The SMILES string of the molecule is CC1CCN(C(=O)[C@H]2CCN[C@@H](C)C2)C1. The van der Waals surface area contributed by atoms with E-state index in [1.54, 1.807) is 0 Å². The molecule has 0 radical (unpaired) electrons. The van der Waals surface area contributed by atoms with Crippen molar-refractivity contribution < 1.29 is 4.79 Å². The van der Waals surface area contributed by atoms with Gasteiger partial charge >= 0.3 is 0 Å². The van der Waals surface area contributed by atoms with Crippen LogP contribution in [0.4, 0.5) is 0 Å². The number of amides is 1. The molecule has 1 unspecified atom stereocenters. The van der Waals surface area contributed by atoms with Gasteiger partial charge in [0.15, 0.2) is 0 Å². The largest absolute Gasteiger partial charge is 0.342 e. The molecule has 0 saturated carbocycles. The molecule has 2 fully saturated rings. The van der Waals surface area contributed by atoms with Crippen molar-refractivity contribution in [3.8, 4) is 0 Å². The van der Waals surface area contributed by atoms with E-state index in [4.69, 9.17) is 0 Å². The van der Waals surface area contributed by atoms with Gasteiger partial charge in [-0.3, -0.25) is 4.79 Å². The lowest BCUT2D eigenvalue weighted by Crippen LogP contribution is -2.43. The van der Waals surface area contributed by atoms with Gasteiger partial charge in [-0.25, -0.2) is 0 Å². The molecule has 0 aromatic heterocycles. The number of rotatable bonds is 1. The fourth-order valence-corrected chi connectivity index (χ4v) is 2.75. The summed E-state index contributed by atoms with van der Waals surface area (Å²) in [5.74, 6) is 1.40. The quantitative estimate of drug-likeness (QED) is 0.706. The fraction of sp³-hybridized carbons (Fsp3) is 0.917. The summed E-state index contributed by atoms with van der Waals surface area (Å²) in [5, 5.41) is 3.40. The molecular formula is C12H22N2O. The van der Waals surface area contributed by atoms with E-state index in [1.165, 1.54) is 6.42 Å². The monoisotopic (exact) mass is 210 g/mol. The molecule has 3 heteroatoms. The van der Waals surface area contributed by atoms with Crippen molar-refractivity contribution in [1.82, 2.24) is 10.2 Å². The summed E-state index contributed by atoms with van der Waals surface area (Å²) in [5.41, 5.74) is 0. The summed E-state index contributed by atoms with van der Waals surface area (Å²) in [4.78, 5) is 14.3. The van der Waals surface area contributed by atoms with Gasteiger partial charge in [-0.15, -0.1) is 0 Å². The Labute approximate surface area is 92.2 Å². The zero-order valence-corrected chi connectivity index (χ0v) is 9.83. The van der Waals surface area contributed by atoms with E-state index in [2.05, 4.69) is 24.1 Å². The number of likely N-dealkylation sites (tertiary alicyclic amines) is 1. The Morgan fingerprint density at radius 1 is 1.33 bits per heavy atom. The number of hydrogen-bond acceptors (Lipinski definition) is 2. The molecule has 3 nitrogen and oxygen atoms in total. The van der Waals surface area contributed by atoms with E-state index in [9.17, 15) is 4.79 Å². The lowest BCUT2D eigenvalue weighted by molar-refractivity contribution is -0.135. The Hall–Kier alpha value is -0.570. The lowest BCUT2D eigenvalue weighted by Gasteiger charge is -2.30. The van der Waals surface area contributed by atoms with Gasteiger partial charge in [-0.05, 0) is 38.6 Å². The summed E-state index contributed by atoms with van der Waals surface area (Å²) in [7, 11) is 0. The molecular weight excluding hydrogens is 188 g/mol. The third kappa shape index (κ3) is 2.51. The summed E-state index contributed by atoms with van der Waals surface area (Å²) in [6.07, 6.45) is 3.23. The van der Waals surface area contributed by atoms with Crippen LogP contribution in [0.3, 0.4) is 0 Å². The number of carbonyl (C=O) groups is 1. The molecule has 3 atom stereocenters. The minimum Gasteiger partial charge on any atom is -0.342 e. The van der Waals surface area contributed by atoms with Crippen molar-refractivity contribution in [3.63, 3.8) is 0 Å². The van der Waals surface area contributed by atoms with Crippen LogP contribution in [-0.4, -0.2) is 36.5 Å². The van der Waals surface area contributed by atoms with E-state index in [1.807, 2.05) is 0 Å². The lowest BCUT2D eigenvalue weighted by atomic mass is 9.92. The maximum absolute atomic E-state index is 12.2. The van der Waals surface area contributed by atoms with Crippen LogP contribution < -0.4 is 5.32 Å². The van der Waals surface area contributed by atoms with Crippen molar-refractivity contribution in [2.24, 2.45) is 11.8 Å². The molecule has 2 aliphatic rings. The molecule has 0 aliphatic carbocycles. The van der Waals surface area contributed by atoms with Crippen LogP contribution >= 0.6 is 0 Å². The average molecular weight is 210 g/mol. The smallest absolute Gasteiger partial charge is 0.225 e. The first kappa shape index (κ1) is 10.9. The molecule has 1 N–H and O–H groups in total. The normalized spacial score (nSPS) is 36.9. The first-order chi connectivity index (χ1) is 7.16. The van der Waals surface area contributed by atoms with Gasteiger partial charge in [0, 0.05) is 25.0 Å². The molecule has 2 heterocycles. The Morgan fingerprint density at radius 2 is 2.13 bits per heavy atom. The van der Waals surface area contributed by atoms with Gasteiger partial charge < -0.3 is 10.2 Å². The second-order valence-electron chi connectivity index (χ2n) is 5.25. The first-order valence-corrected chi connectivity index (χ1v) is 6.19. The standard InChI is InChI=1S/C12H22N2O/c1-9-4-6-14(8-9)12(15)11-3-5-13-10(2)7-11/h9-11,13H,3-8H2,1-2H3/t9?,10-,11-/m0/s1. The fourth-order valence-electron chi connectivity index (χ4n) is 2.75. The second kappa shape index (κ2) is 4.52. The van der Waals surface area contributed by atoms with Crippen LogP contribution in [-0.2, 0) is 4.79 Å². The van der Waals surface area contributed by atoms with Gasteiger partial charge in [0.2, 0.25) is 5.91 Å². The molecule has 2 aliphatic heterocycles. The molecule has 15 heavy (non-hydrogen) atoms. The minimum atomic E-state index is 0.284. The van der Waals surface area contributed by atoms with Gasteiger partial charge in [-0.2, -0.15) is 0 Å². The number of hydrogen-bond donors (Lipinski definition) is 1. The Kier molecular flexibility index (Phi) is 3.29. The summed E-state index contributed by atoms with van der Waals surface area (Å²) in [6, 6.07) is 0.507. The van der Waals surface area contributed by atoms with Crippen LogP contribution in [0.5, 0.6) is 0 Å². The predicted molar refractivity (Wildman–Crippen MR) is 60.5 cm³/mol. The molecule has 1 amide bonds. The maximum atomic E-state index is 12.2. The highest BCUT2D eigenvalue weighted by molar-refractivity contribution is 5.79. The van der Waals surface area contributed by atoms with Crippen molar-refractivity contribution in [2.45, 2.75) is 39.2 Å². The number of nitrogens with one attached hydrogen (secondary N) is 1. The molecule has 0 spiro atoms. The zero-order valence-electron chi connectivity index (χ0n) is 9.83. The molecule has 0 aromatic carbocycles. The average Bonchev–Trinajstić information content (AvgIpc) is 2.64. The van der Waals surface area contributed by atoms with Crippen LogP contribution in [0.1, 0.15) is 33.1 Å². The first-order valence-electron chi connectivity index (χ1n) is 6.19. The van der Waals surface area contributed by atoms with Gasteiger partial charge in [0.05, 0.1) is 0 Å². The highest BCUT2D eigenvalue weighted by Gasteiger charge is 2.31. The van der Waals surface area contributed by atoms with E-state index in [0.717, 1.165) is 32.5 Å². The molecule has 2 saturated heterocycles. The van der Waals surface area contributed by atoms with Gasteiger partial charge in [-0.1, -0.05) is 6.92 Å². The third-order valence-corrected chi connectivity index (χ3v) is 3.71. The van der Waals surface area contributed by atoms with Gasteiger partial charge in [0.25, 0.3) is 0 Å². The topological polar surface area (TPSA) is 32.3 Å². The zero-order chi connectivity index (χ0) is 10.8. The highest BCUT2D eigenvalue weighted by atomic mass is 16.2. The van der Waals surface area contributed by atoms with Crippen LogP contribution in [0.25, 0.3) is 0 Å². The number of carbonyl (C=O) groups excluding carboxylic acids is 1. The third-order valence-electron chi connectivity index (χ3n) is 3.71. The van der Waals surface area contributed by atoms with E-state index < -0.39 is 0 Å². The number of piperidine rings is 1. The Bertz CT molecular complexity index is 242. The van der Waals surface area contributed by atoms with E-state index in [0.29, 0.717) is 17.9 Å². The molecule has 86 valence electrons. The molecule has 2 rings (SSSR count). The van der Waals surface area contributed by atoms with Crippen molar-refractivity contribution in [1.29, 1.82) is 0 Å².